The van der Waals surface area contributed by atoms with Gasteiger partial charge in [0.25, 0.3) is 0 Å². The molecule has 0 unspecified atom stereocenters. The molecule has 0 radical (unpaired) electrons. The summed E-state index contributed by atoms with van der Waals surface area (Å²) in [4.78, 5) is 7.41. The first-order chi connectivity index (χ1) is 11.7. The standard InChI is InChI=1S/C19H15FN2O2/c1-11-9-14-16(22-11)5-6-18(19(14)20)24-17-7-8-21-15-4-3-12(23-2)10-13(15)17/h3-10,22H,1-2H3. The van der Waals surface area contributed by atoms with E-state index in [9.17, 15) is 4.39 Å². The van der Waals surface area contributed by atoms with E-state index in [1.807, 2.05) is 31.2 Å². The number of hydrogen-bond acceptors (Lipinski definition) is 3. The minimum atomic E-state index is -0.385. The number of hydrogen-bond donors (Lipinski definition) is 1. The summed E-state index contributed by atoms with van der Waals surface area (Å²) in [5.74, 6) is 1.02. The van der Waals surface area contributed by atoms with Crippen molar-refractivity contribution in [1.82, 2.24) is 9.97 Å². The Hall–Kier alpha value is -3.08. The molecule has 0 aliphatic heterocycles. The Morgan fingerprint density at radius 1 is 1.00 bits per heavy atom. The van der Waals surface area contributed by atoms with Crippen LogP contribution in [0.25, 0.3) is 21.8 Å². The highest BCUT2D eigenvalue weighted by molar-refractivity contribution is 5.87. The summed E-state index contributed by atoms with van der Waals surface area (Å²) in [5, 5.41) is 1.28. The lowest BCUT2D eigenvalue weighted by Crippen LogP contribution is -1.92. The monoisotopic (exact) mass is 322 g/mol. The number of aromatic amines is 1. The number of benzene rings is 2. The van der Waals surface area contributed by atoms with E-state index in [1.54, 1.807) is 31.5 Å². The summed E-state index contributed by atoms with van der Waals surface area (Å²) in [7, 11) is 1.60. The number of pyridine rings is 1. The zero-order chi connectivity index (χ0) is 16.7. The SMILES string of the molecule is COc1ccc2nccc(Oc3ccc4[nH]c(C)cc4c3F)c2c1. The summed E-state index contributed by atoms with van der Waals surface area (Å²) in [6, 6.07) is 12.4. The van der Waals surface area contributed by atoms with Crippen molar-refractivity contribution in [2.75, 3.05) is 7.11 Å². The third-order valence-corrected chi connectivity index (χ3v) is 3.97. The lowest BCUT2D eigenvalue weighted by Gasteiger charge is -2.10. The third kappa shape index (κ3) is 2.34. The van der Waals surface area contributed by atoms with Crippen LogP contribution in [-0.2, 0) is 0 Å². The first-order valence-corrected chi connectivity index (χ1v) is 7.54. The number of nitrogens with one attached hydrogen (secondary N) is 1. The molecule has 2 aromatic heterocycles. The number of aromatic nitrogens is 2. The molecule has 0 fully saturated rings. The molecular formula is C19H15FN2O2. The van der Waals surface area contributed by atoms with Gasteiger partial charge in [-0.3, -0.25) is 4.98 Å². The fourth-order valence-electron chi connectivity index (χ4n) is 2.80. The summed E-state index contributed by atoms with van der Waals surface area (Å²) >= 11 is 0. The second kappa shape index (κ2) is 5.53. The van der Waals surface area contributed by atoms with Crippen LogP contribution in [0.1, 0.15) is 5.69 Å². The number of methoxy groups -OCH3 is 1. The maximum absolute atomic E-state index is 14.7. The number of nitrogens with zero attached hydrogens (tertiary/aromatic N) is 1. The summed E-state index contributed by atoms with van der Waals surface area (Å²) in [6.45, 7) is 1.89. The molecule has 0 aliphatic rings. The Balaban J connectivity index is 1.83. The van der Waals surface area contributed by atoms with Gasteiger partial charge < -0.3 is 14.5 Å². The molecule has 2 aromatic carbocycles. The fourth-order valence-corrected chi connectivity index (χ4v) is 2.80. The largest absolute Gasteiger partial charge is 0.497 e. The Kier molecular flexibility index (Phi) is 3.34. The van der Waals surface area contributed by atoms with Gasteiger partial charge in [-0.05, 0) is 49.4 Å². The van der Waals surface area contributed by atoms with Gasteiger partial charge in [0.2, 0.25) is 0 Å². The van der Waals surface area contributed by atoms with Crippen LogP contribution in [0.4, 0.5) is 4.39 Å². The lowest BCUT2D eigenvalue weighted by atomic mass is 10.2. The molecule has 0 spiro atoms. The second-order valence-electron chi connectivity index (χ2n) is 5.59. The maximum atomic E-state index is 14.7. The van der Waals surface area contributed by atoms with Crippen LogP contribution in [0.5, 0.6) is 17.2 Å². The van der Waals surface area contributed by atoms with Gasteiger partial charge in [0, 0.05) is 28.2 Å². The van der Waals surface area contributed by atoms with Crippen molar-refractivity contribution in [2.45, 2.75) is 6.92 Å². The molecule has 0 aliphatic carbocycles. The number of rotatable bonds is 3. The Morgan fingerprint density at radius 2 is 1.88 bits per heavy atom. The number of aryl methyl sites for hydroxylation is 1. The third-order valence-electron chi connectivity index (χ3n) is 3.97. The smallest absolute Gasteiger partial charge is 0.175 e. The van der Waals surface area contributed by atoms with Gasteiger partial charge in [-0.25, -0.2) is 4.39 Å². The zero-order valence-electron chi connectivity index (χ0n) is 13.3. The van der Waals surface area contributed by atoms with Crippen molar-refractivity contribution in [3.63, 3.8) is 0 Å². The van der Waals surface area contributed by atoms with E-state index in [0.717, 1.165) is 22.1 Å². The zero-order valence-corrected chi connectivity index (χ0v) is 13.3. The molecule has 1 N–H and O–H groups in total. The van der Waals surface area contributed by atoms with E-state index in [2.05, 4.69) is 9.97 Å². The van der Waals surface area contributed by atoms with E-state index >= 15 is 0 Å². The van der Waals surface area contributed by atoms with Crippen molar-refractivity contribution >= 4 is 21.8 Å². The van der Waals surface area contributed by atoms with E-state index in [-0.39, 0.29) is 11.6 Å². The first kappa shape index (κ1) is 14.5. The van der Waals surface area contributed by atoms with Gasteiger partial charge in [0.15, 0.2) is 11.6 Å². The van der Waals surface area contributed by atoms with Crippen LogP contribution in [-0.4, -0.2) is 17.1 Å². The average molecular weight is 322 g/mol. The maximum Gasteiger partial charge on any atom is 0.175 e. The average Bonchev–Trinajstić information content (AvgIpc) is 2.98. The van der Waals surface area contributed by atoms with Gasteiger partial charge in [-0.1, -0.05) is 0 Å². The van der Waals surface area contributed by atoms with Crippen LogP contribution in [0, 0.1) is 12.7 Å². The highest BCUT2D eigenvalue weighted by Gasteiger charge is 2.13. The van der Waals surface area contributed by atoms with Crippen molar-refractivity contribution in [3.05, 3.63) is 60.2 Å². The van der Waals surface area contributed by atoms with Crippen LogP contribution >= 0.6 is 0 Å². The molecular weight excluding hydrogens is 307 g/mol. The highest BCUT2D eigenvalue weighted by atomic mass is 19.1. The molecule has 0 saturated heterocycles. The molecule has 4 nitrogen and oxygen atoms in total. The number of fused-ring (bicyclic) bond motifs is 2. The molecule has 0 amide bonds. The van der Waals surface area contributed by atoms with Crippen molar-refractivity contribution in [2.24, 2.45) is 0 Å². The molecule has 2 heterocycles. The lowest BCUT2D eigenvalue weighted by molar-refractivity contribution is 0.415. The number of H-pyrrole nitrogens is 1. The predicted octanol–water partition coefficient (Wildman–Crippen LogP) is 4.96. The van der Waals surface area contributed by atoms with Gasteiger partial charge in [0.05, 0.1) is 12.6 Å². The van der Waals surface area contributed by atoms with E-state index in [4.69, 9.17) is 9.47 Å². The van der Waals surface area contributed by atoms with Gasteiger partial charge >= 0.3 is 0 Å². The predicted molar refractivity (Wildman–Crippen MR) is 91.4 cm³/mol. The molecule has 120 valence electrons. The first-order valence-electron chi connectivity index (χ1n) is 7.54. The topological polar surface area (TPSA) is 47.1 Å². The van der Waals surface area contributed by atoms with Gasteiger partial charge in [-0.2, -0.15) is 0 Å². The number of halogens is 1. The van der Waals surface area contributed by atoms with E-state index < -0.39 is 0 Å². The van der Waals surface area contributed by atoms with Crippen molar-refractivity contribution < 1.29 is 13.9 Å². The highest BCUT2D eigenvalue weighted by Crippen LogP contribution is 2.34. The van der Waals surface area contributed by atoms with Crippen molar-refractivity contribution in [1.29, 1.82) is 0 Å². The molecule has 0 saturated carbocycles. The van der Waals surface area contributed by atoms with Crippen LogP contribution < -0.4 is 9.47 Å². The minimum absolute atomic E-state index is 0.178. The van der Waals surface area contributed by atoms with Crippen LogP contribution in [0.3, 0.4) is 0 Å². The number of ether oxygens (including phenoxy) is 2. The van der Waals surface area contributed by atoms with E-state index in [1.165, 1.54) is 0 Å². The Morgan fingerprint density at radius 3 is 2.71 bits per heavy atom. The Labute approximate surface area is 137 Å². The summed E-state index contributed by atoms with van der Waals surface area (Å²) in [6.07, 6.45) is 1.64. The minimum Gasteiger partial charge on any atom is -0.497 e. The molecule has 4 rings (SSSR count). The Bertz CT molecular complexity index is 1060. The molecule has 5 heteroatoms. The molecule has 4 aromatic rings. The fraction of sp³-hybridized carbons (Fsp3) is 0.105. The van der Waals surface area contributed by atoms with Gasteiger partial charge in [0.1, 0.15) is 11.5 Å². The summed E-state index contributed by atoms with van der Waals surface area (Å²) < 4.78 is 25.8. The van der Waals surface area contributed by atoms with Crippen LogP contribution in [0.15, 0.2) is 48.7 Å². The molecule has 24 heavy (non-hydrogen) atoms. The molecule has 0 bridgehead atoms. The second-order valence-corrected chi connectivity index (χ2v) is 5.59. The van der Waals surface area contributed by atoms with E-state index in [0.29, 0.717) is 16.9 Å². The van der Waals surface area contributed by atoms with Crippen molar-refractivity contribution in [3.8, 4) is 17.2 Å². The quantitative estimate of drug-likeness (QED) is 0.579. The normalized spacial score (nSPS) is 11.1. The van der Waals surface area contributed by atoms with Gasteiger partial charge in [-0.15, -0.1) is 0 Å². The summed E-state index contributed by atoms with van der Waals surface area (Å²) in [5.41, 5.74) is 2.41. The van der Waals surface area contributed by atoms with Crippen LogP contribution in [0.2, 0.25) is 0 Å². The molecule has 0 atom stereocenters.